The van der Waals surface area contributed by atoms with Gasteiger partial charge in [-0.3, -0.25) is 28.9 Å². The molecule has 23 nitrogen and oxygen atoms in total. The molecule has 0 bridgehead atoms. The van der Waals surface area contributed by atoms with Crippen LogP contribution in [0.2, 0.25) is 0 Å². The van der Waals surface area contributed by atoms with Gasteiger partial charge >= 0.3 is 17.9 Å². The molecule has 4 aromatic carbocycles. The van der Waals surface area contributed by atoms with Crippen LogP contribution in [0.1, 0.15) is 128 Å². The van der Waals surface area contributed by atoms with Crippen LogP contribution >= 0.6 is 0 Å². The minimum absolute atomic E-state index is 0.00942. The number of amides is 5. The minimum Gasteiger partial charge on any atom is -0.493 e. The van der Waals surface area contributed by atoms with Gasteiger partial charge in [-0.25, -0.2) is 31.2 Å². The molecule has 0 spiro atoms. The van der Waals surface area contributed by atoms with Crippen LogP contribution in [0, 0.1) is 5.92 Å². The Morgan fingerprint density at radius 1 is 0.675 bits per heavy atom. The number of esters is 2. The smallest absolute Gasteiger partial charge is 0.349 e. The number of fused-ring (bicyclic) bond motifs is 2. The Hall–Kier alpha value is -7.90. The number of hydrogen-bond donors (Lipinski definition) is 5. The van der Waals surface area contributed by atoms with Gasteiger partial charge in [0.25, 0.3) is 11.8 Å². The maximum Gasteiger partial charge on any atom is 0.349 e. The zero-order valence-corrected chi connectivity index (χ0v) is 45.1. The average molecular weight is 1120 g/mol. The van der Waals surface area contributed by atoms with Crippen molar-refractivity contribution in [3.8, 4) is 23.0 Å². The minimum atomic E-state index is -3.71. The Labute approximate surface area is 455 Å². The van der Waals surface area contributed by atoms with Crippen LogP contribution < -0.4 is 40.6 Å². The fourth-order valence-corrected chi connectivity index (χ4v) is 9.23. The van der Waals surface area contributed by atoms with E-state index < -0.39 is 93.3 Å². The summed E-state index contributed by atoms with van der Waals surface area (Å²) in [6, 6.07) is 14.7. The van der Waals surface area contributed by atoms with Crippen molar-refractivity contribution in [1.82, 2.24) is 10.2 Å². The fraction of sp³-hybridized carbons (Fsp3) is 0.385. The first kappa shape index (κ1) is 53.9. The number of carboxylic acids is 1. The van der Waals surface area contributed by atoms with Crippen LogP contribution in [-0.4, -0.2) is 132 Å². The van der Waals surface area contributed by atoms with E-state index in [2.05, 4.69) is 20.7 Å². The van der Waals surface area contributed by atoms with Gasteiger partial charge < -0.3 is 50.5 Å². The summed E-state index contributed by atoms with van der Waals surface area (Å²) in [5, 5.41) is 16.0. The predicted octanol–water partition coefficient (Wildman–Crippen LogP) is 5.15. The average Bonchev–Trinajstić information content (AvgIpc) is 3.77. The second-order valence-corrected chi connectivity index (χ2v) is 21.9. The molecule has 0 saturated carbocycles. The summed E-state index contributed by atoms with van der Waals surface area (Å²) >= 11 is 0. The van der Waals surface area contributed by atoms with Gasteiger partial charge in [-0.1, -0.05) is 38.1 Å². The van der Waals surface area contributed by atoms with Gasteiger partial charge in [0.1, 0.15) is 25.7 Å². The molecule has 0 unspecified atom stereocenters. The number of rotatable bonds is 19. The van der Waals surface area contributed by atoms with Crippen molar-refractivity contribution < 1.29 is 92.2 Å². The largest absolute Gasteiger partial charge is 0.493 e. The molecule has 0 aromatic heterocycles. The number of anilines is 2. The van der Waals surface area contributed by atoms with Gasteiger partial charge in [0, 0.05) is 39.3 Å². The first-order chi connectivity index (χ1) is 38.3. The number of hydrogen-bond acceptors (Lipinski definition) is 18. The van der Waals surface area contributed by atoms with Crippen LogP contribution in [0.3, 0.4) is 0 Å². The summed E-state index contributed by atoms with van der Waals surface area (Å²) in [5.74, 6) is -5.30. The molecule has 2 heterocycles. The van der Waals surface area contributed by atoms with E-state index in [-0.39, 0.29) is 86.6 Å². The lowest BCUT2D eigenvalue weighted by atomic mass is 10.0. The summed E-state index contributed by atoms with van der Waals surface area (Å²) in [7, 11) is -12.3. The Morgan fingerprint density at radius 2 is 1.17 bits per heavy atom. The first-order valence-corrected chi connectivity index (χ1v) is 27.4. The number of carbonyl (C=O) groups excluding carboxylic acids is 7. The maximum atomic E-state index is 13.4. The predicted molar refractivity (Wildman–Crippen MR) is 284 cm³/mol. The van der Waals surface area contributed by atoms with E-state index in [1.165, 1.54) is 81.4 Å². The molecule has 25 heteroatoms. The molecular weight excluding hydrogens is 1050 g/mol. The van der Waals surface area contributed by atoms with Gasteiger partial charge in [-0.15, -0.1) is 0 Å². The third kappa shape index (κ3) is 18.7. The normalized spacial score (nSPS) is 15.0. The monoisotopic (exact) mass is 1120 g/mol. The number of cyclic esters (lactones) is 2. The fourth-order valence-electron chi connectivity index (χ4n) is 7.47. The molecule has 4 aromatic rings. The number of sulfone groups is 2. The SMILES string of the molecule is CC(=O)N[C@@H](CC(C)C)C(=O)O.CC(=O)Nc1cccc2c1C(=O)OC2=O.[2H]C([2H])([2H])Oc1ccc([C@@H](CS(C)(=O)=O)N2C(=O)c3cccc(NC(C)=O)c3C2=O)cc1OCC.[2H]C([2H])([2H])Oc1ccc([C@H](N)CS(C)(=O)=O)cc1OCC. The van der Waals surface area contributed by atoms with Crippen LogP contribution in [-0.2, 0) is 43.6 Å². The molecule has 0 radical (unpaired) electrons. The highest BCUT2D eigenvalue weighted by Gasteiger charge is 2.43. The highest BCUT2D eigenvalue weighted by molar-refractivity contribution is 7.90. The topological polar surface area (TPSA) is 337 Å². The Balaban J connectivity index is 0.000000319. The molecule has 3 atom stereocenters. The molecule has 0 saturated heterocycles. The number of carboxylic acid groups (broad SMARTS) is 1. The molecular formula is C52H65N5O18S2. The van der Waals surface area contributed by atoms with Crippen molar-refractivity contribution in [3.63, 3.8) is 0 Å². The number of nitrogens with zero attached hydrogens (tertiary/aromatic N) is 1. The number of nitrogens with two attached hydrogens (primary N) is 1. The standard InChI is InChI=1S/C22H24N2O7S.C12H19NO4S.C10H7NO4.C8H15NO3/c1-5-31-19-11-14(9-10-18(19)30-3)17(12-32(4,28)29)24-21(26)15-7-6-8-16(23-13(2)25)20(15)22(24)27;1-4-17-12-7-9(5-6-11(12)16-2)10(13)8-18(3,14)15;1-5(12)11-7-4-2-3-6-8(7)10(14)15-9(6)13;1-5(2)4-7(8(11)12)9-6(3)10/h6-11,17H,5,12H2,1-4H3,(H,23,25);5-7,10H,4,8,13H2,1-3H3;2-4H,1H3,(H,11,12);5,7H,4H2,1-3H3,(H,9,10)(H,11,12)/t17-;10-;;7-/m11.0/s1/i3D3;2D3;;. The van der Waals surface area contributed by atoms with E-state index in [4.69, 9.17) is 38.0 Å². The van der Waals surface area contributed by atoms with Gasteiger partial charge in [0.15, 0.2) is 23.0 Å². The van der Waals surface area contributed by atoms with E-state index >= 15 is 0 Å². The second kappa shape index (κ2) is 28.3. The molecule has 6 rings (SSSR count). The van der Waals surface area contributed by atoms with Crippen LogP contribution in [0.15, 0.2) is 72.8 Å². The molecule has 5 amide bonds. The number of carbonyl (C=O) groups is 8. The zero-order valence-electron chi connectivity index (χ0n) is 49.5. The second-order valence-electron chi connectivity index (χ2n) is 17.5. The van der Waals surface area contributed by atoms with E-state index in [0.717, 1.165) is 17.4 Å². The van der Waals surface area contributed by atoms with Crippen molar-refractivity contribution in [2.75, 3.05) is 61.9 Å². The lowest BCUT2D eigenvalue weighted by molar-refractivity contribution is -0.142. The van der Waals surface area contributed by atoms with Crippen LogP contribution in [0.4, 0.5) is 11.4 Å². The van der Waals surface area contributed by atoms with Crippen molar-refractivity contribution in [3.05, 3.63) is 106 Å². The lowest BCUT2D eigenvalue weighted by Gasteiger charge is -2.27. The van der Waals surface area contributed by atoms with Gasteiger partial charge in [-0.05, 0) is 85.8 Å². The van der Waals surface area contributed by atoms with E-state index in [1.807, 2.05) is 13.8 Å². The first-order valence-electron chi connectivity index (χ1n) is 26.2. The number of aliphatic carboxylic acids is 1. The number of nitrogens with one attached hydrogen (secondary N) is 3. The third-order valence-corrected chi connectivity index (χ3v) is 12.3. The summed E-state index contributed by atoms with van der Waals surface area (Å²) in [4.78, 5) is 93.5. The van der Waals surface area contributed by atoms with E-state index in [1.54, 1.807) is 26.0 Å². The highest BCUT2D eigenvalue weighted by Crippen LogP contribution is 2.39. The number of methoxy groups -OCH3 is 2. The Morgan fingerprint density at radius 3 is 1.62 bits per heavy atom. The van der Waals surface area contributed by atoms with Crippen molar-refractivity contribution in [1.29, 1.82) is 0 Å². The third-order valence-electron chi connectivity index (χ3n) is 10.4. The van der Waals surface area contributed by atoms with Gasteiger partial charge in [0.05, 0.1) is 86.7 Å². The highest BCUT2D eigenvalue weighted by atomic mass is 32.2. The number of ether oxygens (including phenoxy) is 5. The summed E-state index contributed by atoms with van der Waals surface area (Å²) in [6.45, 7) is 11.6. The zero-order chi connectivity index (χ0) is 63.1. The van der Waals surface area contributed by atoms with Crippen molar-refractivity contribution in [2.24, 2.45) is 11.7 Å². The molecule has 0 fully saturated rings. The summed E-state index contributed by atoms with van der Waals surface area (Å²) < 4.78 is 115. The number of imide groups is 1. The van der Waals surface area contributed by atoms with Gasteiger partial charge in [-0.2, -0.15) is 0 Å². The summed E-state index contributed by atoms with van der Waals surface area (Å²) in [6.07, 6.45) is 2.54. The Kier molecular flexibility index (Phi) is 19.8. The molecule has 2 aliphatic rings. The number of benzene rings is 4. The molecule has 0 aliphatic carbocycles. The van der Waals surface area contributed by atoms with Crippen molar-refractivity contribution in [2.45, 2.75) is 73.0 Å². The molecule has 418 valence electrons. The van der Waals surface area contributed by atoms with Crippen molar-refractivity contribution >= 4 is 78.5 Å². The van der Waals surface area contributed by atoms with Crippen LogP contribution in [0.5, 0.6) is 23.0 Å². The van der Waals surface area contributed by atoms with Crippen LogP contribution in [0.25, 0.3) is 0 Å². The molecule has 77 heavy (non-hydrogen) atoms. The quantitative estimate of drug-likeness (QED) is 0.0460. The maximum absolute atomic E-state index is 13.4. The van der Waals surface area contributed by atoms with E-state index in [9.17, 15) is 55.2 Å². The summed E-state index contributed by atoms with van der Waals surface area (Å²) in [5.41, 5.74) is 7.30. The van der Waals surface area contributed by atoms with Gasteiger partial charge in [0.2, 0.25) is 17.7 Å². The van der Waals surface area contributed by atoms with E-state index in [0.29, 0.717) is 24.3 Å². The lowest BCUT2D eigenvalue weighted by Crippen LogP contribution is -2.40. The molecule has 2 aliphatic heterocycles. The Bertz CT molecular complexity index is 3320. The molecule has 6 N–H and O–H groups in total.